The molecule has 0 amide bonds. The first-order valence-corrected chi connectivity index (χ1v) is 12.6. The molecular weight excluding hydrogens is 459 g/mol. The van der Waals surface area contributed by atoms with Gasteiger partial charge >= 0.3 is 19.1 Å². The van der Waals surface area contributed by atoms with Gasteiger partial charge in [0.25, 0.3) is 0 Å². The van der Waals surface area contributed by atoms with Crippen LogP contribution in [0.3, 0.4) is 0 Å². The van der Waals surface area contributed by atoms with Crippen LogP contribution in [0.1, 0.15) is 31.7 Å². The first kappa shape index (κ1) is 26.0. The fraction of sp³-hybridized carbons (Fsp3) is 0.481. The summed E-state index contributed by atoms with van der Waals surface area (Å²) in [6.07, 6.45) is 4.05. The second kappa shape index (κ2) is 12.3. The molecule has 0 N–H and O–H groups in total. The van der Waals surface area contributed by atoms with Gasteiger partial charge < -0.3 is 23.7 Å². The van der Waals surface area contributed by atoms with Crippen LogP contribution in [-0.2, 0) is 25.3 Å². The lowest BCUT2D eigenvalue weighted by molar-refractivity contribution is -0.145. The number of carbonyl (C=O) groups is 2. The Bertz CT molecular complexity index is 1010. The van der Waals surface area contributed by atoms with Crippen molar-refractivity contribution >= 4 is 24.5 Å². The fourth-order valence-electron chi connectivity index (χ4n) is 4.43. The Hall–Kier alpha value is -3.04. The molecule has 192 valence electrons. The van der Waals surface area contributed by atoms with Crippen molar-refractivity contribution in [3.63, 3.8) is 0 Å². The summed E-state index contributed by atoms with van der Waals surface area (Å²) in [5.41, 5.74) is 1.78. The molecule has 1 unspecified atom stereocenters. The highest BCUT2D eigenvalue weighted by molar-refractivity contribution is 6.64. The van der Waals surface area contributed by atoms with Gasteiger partial charge in [0.1, 0.15) is 17.6 Å². The number of aryl methyl sites for hydroxylation is 1. The minimum absolute atomic E-state index is 0.0141. The summed E-state index contributed by atoms with van der Waals surface area (Å²) in [4.78, 5) is 27.9. The molecule has 36 heavy (non-hydrogen) atoms. The van der Waals surface area contributed by atoms with Crippen molar-refractivity contribution in [2.45, 2.75) is 44.8 Å². The van der Waals surface area contributed by atoms with Crippen molar-refractivity contribution in [2.75, 3.05) is 40.3 Å². The molecule has 2 aliphatic rings. The summed E-state index contributed by atoms with van der Waals surface area (Å²) in [6.45, 7) is 4.26. The molecule has 0 spiro atoms. The lowest BCUT2D eigenvalue weighted by atomic mass is 9.78. The predicted octanol–water partition coefficient (Wildman–Crippen LogP) is 2.29. The molecule has 0 saturated carbocycles. The molecule has 2 saturated heterocycles. The van der Waals surface area contributed by atoms with Crippen LogP contribution in [0.2, 0.25) is 0 Å². The highest BCUT2D eigenvalue weighted by Crippen LogP contribution is 2.25. The zero-order chi connectivity index (χ0) is 25.5. The first-order valence-electron chi connectivity index (χ1n) is 12.6. The number of likely N-dealkylation sites (N-methyl/N-ethyl adjacent to an activating group) is 1. The molecule has 2 aromatic rings. The third kappa shape index (κ3) is 7.48. The van der Waals surface area contributed by atoms with Crippen LogP contribution in [0.5, 0.6) is 11.5 Å². The van der Waals surface area contributed by atoms with Gasteiger partial charge in [0, 0.05) is 18.6 Å². The zero-order valence-electron chi connectivity index (χ0n) is 21.4. The van der Waals surface area contributed by atoms with Gasteiger partial charge in [0.05, 0.1) is 19.2 Å². The molecule has 0 bridgehead atoms. The van der Waals surface area contributed by atoms with E-state index in [1.807, 2.05) is 19.1 Å². The average molecular weight is 494 g/mol. The zero-order valence-corrected chi connectivity index (χ0v) is 21.4. The highest BCUT2D eigenvalue weighted by Gasteiger charge is 2.33. The summed E-state index contributed by atoms with van der Waals surface area (Å²) in [6, 6.07) is 15.4. The largest absolute Gasteiger partial charge is 0.636 e. The smallest absolute Gasteiger partial charge is 0.494 e. The number of piperidine rings is 1. The quantitative estimate of drug-likeness (QED) is 0.518. The van der Waals surface area contributed by atoms with E-state index in [0.717, 1.165) is 44.5 Å². The second-order valence-corrected chi connectivity index (χ2v) is 9.75. The Morgan fingerprint density at radius 3 is 2.25 bits per heavy atom. The Morgan fingerprint density at radius 2 is 1.58 bits per heavy atom. The van der Waals surface area contributed by atoms with Gasteiger partial charge in [-0.25, -0.2) is 0 Å². The molecule has 1 atom stereocenters. The van der Waals surface area contributed by atoms with Crippen molar-refractivity contribution in [2.24, 2.45) is 0 Å². The van der Waals surface area contributed by atoms with Gasteiger partial charge in [0.15, 0.2) is 0 Å². The predicted molar refractivity (Wildman–Crippen MR) is 138 cm³/mol. The molecule has 8 nitrogen and oxygen atoms in total. The summed E-state index contributed by atoms with van der Waals surface area (Å²) in [5, 5.41) is 0. The van der Waals surface area contributed by atoms with Crippen molar-refractivity contribution in [1.29, 1.82) is 0 Å². The van der Waals surface area contributed by atoms with E-state index in [-0.39, 0.29) is 25.3 Å². The van der Waals surface area contributed by atoms with Gasteiger partial charge in [-0.05, 0) is 70.5 Å². The average Bonchev–Trinajstić information content (AvgIpc) is 2.84. The van der Waals surface area contributed by atoms with Gasteiger partial charge in [0.2, 0.25) is 0 Å². The maximum atomic E-state index is 12.0. The standard InChI is InChI=1S/C27H35BN2O6/c1-20(8-9-21-6-4-5-7-25(21)34-24-14-16-29(2)17-15-24)33-23-12-10-22(11-13-23)28-35-26(31)18-30(3)19-27(32)36-28/h4-7,10-13,20,24H,8-9,14-19H2,1-3H3. The van der Waals surface area contributed by atoms with Crippen LogP contribution >= 0.6 is 0 Å². The van der Waals surface area contributed by atoms with Crippen LogP contribution in [-0.4, -0.2) is 81.3 Å². The third-order valence-corrected chi connectivity index (χ3v) is 6.52. The third-order valence-electron chi connectivity index (χ3n) is 6.52. The van der Waals surface area contributed by atoms with Gasteiger partial charge in [-0.2, -0.15) is 0 Å². The molecule has 2 aromatic carbocycles. The number of hydrogen-bond donors (Lipinski definition) is 0. The first-order chi connectivity index (χ1) is 17.4. The molecule has 0 aliphatic carbocycles. The Kier molecular flexibility index (Phi) is 8.88. The van der Waals surface area contributed by atoms with E-state index in [4.69, 9.17) is 18.8 Å². The van der Waals surface area contributed by atoms with E-state index >= 15 is 0 Å². The Labute approximate surface area is 213 Å². The number of likely N-dealkylation sites (tertiary alicyclic amines) is 1. The monoisotopic (exact) mass is 494 g/mol. The molecular formula is C27H35BN2O6. The van der Waals surface area contributed by atoms with Crippen LogP contribution < -0.4 is 14.9 Å². The van der Waals surface area contributed by atoms with E-state index in [2.05, 4.69) is 24.1 Å². The number of hydrogen-bond acceptors (Lipinski definition) is 8. The molecule has 0 aromatic heterocycles. The van der Waals surface area contributed by atoms with E-state index in [1.165, 1.54) is 5.56 Å². The number of benzene rings is 2. The number of rotatable bonds is 8. The van der Waals surface area contributed by atoms with E-state index in [0.29, 0.717) is 11.2 Å². The SMILES string of the molecule is CC(CCc1ccccc1OC1CCN(C)CC1)Oc1ccc(B2OC(=O)CN(C)CC(=O)O2)cc1. The minimum atomic E-state index is -1.05. The van der Waals surface area contributed by atoms with Crippen LogP contribution in [0.15, 0.2) is 48.5 Å². The topological polar surface area (TPSA) is 77.5 Å². The van der Waals surface area contributed by atoms with E-state index < -0.39 is 19.1 Å². The Balaban J connectivity index is 1.29. The highest BCUT2D eigenvalue weighted by atomic mass is 16.6. The lowest BCUT2D eigenvalue weighted by Crippen LogP contribution is -2.47. The molecule has 0 radical (unpaired) electrons. The fourth-order valence-corrected chi connectivity index (χ4v) is 4.43. The molecule has 9 heteroatoms. The van der Waals surface area contributed by atoms with Crippen LogP contribution in [0, 0.1) is 0 Å². The number of ether oxygens (including phenoxy) is 2. The Morgan fingerprint density at radius 1 is 0.944 bits per heavy atom. The molecule has 2 fully saturated rings. The normalized spacial score (nSPS) is 19.1. The minimum Gasteiger partial charge on any atom is -0.494 e. The summed E-state index contributed by atoms with van der Waals surface area (Å²) < 4.78 is 23.1. The summed E-state index contributed by atoms with van der Waals surface area (Å²) in [5.74, 6) is 0.788. The van der Waals surface area contributed by atoms with Crippen molar-refractivity contribution < 1.29 is 28.4 Å². The number of nitrogens with zero attached hydrogens (tertiary/aromatic N) is 2. The maximum absolute atomic E-state index is 12.0. The van der Waals surface area contributed by atoms with Crippen molar-refractivity contribution in [1.82, 2.24) is 9.80 Å². The molecule has 2 heterocycles. The van der Waals surface area contributed by atoms with E-state index in [1.54, 1.807) is 36.2 Å². The molecule has 4 rings (SSSR count). The number of carbonyl (C=O) groups excluding carboxylic acids is 2. The van der Waals surface area contributed by atoms with Gasteiger partial charge in [-0.1, -0.05) is 30.3 Å². The summed E-state index contributed by atoms with van der Waals surface area (Å²) in [7, 11) is 2.77. The van der Waals surface area contributed by atoms with Crippen molar-refractivity contribution in [3.8, 4) is 11.5 Å². The summed E-state index contributed by atoms with van der Waals surface area (Å²) >= 11 is 0. The van der Waals surface area contributed by atoms with Crippen LogP contribution in [0.4, 0.5) is 0 Å². The van der Waals surface area contributed by atoms with E-state index in [9.17, 15) is 9.59 Å². The van der Waals surface area contributed by atoms with Gasteiger partial charge in [-0.3, -0.25) is 14.5 Å². The number of para-hydroxylation sites is 1. The van der Waals surface area contributed by atoms with Gasteiger partial charge in [-0.15, -0.1) is 0 Å². The lowest BCUT2D eigenvalue weighted by Gasteiger charge is -2.30. The van der Waals surface area contributed by atoms with Crippen LogP contribution in [0.25, 0.3) is 0 Å². The second-order valence-electron chi connectivity index (χ2n) is 9.75. The van der Waals surface area contributed by atoms with Crippen molar-refractivity contribution in [3.05, 3.63) is 54.1 Å². The maximum Gasteiger partial charge on any atom is 0.636 e. The molecule has 2 aliphatic heterocycles.